The first-order chi connectivity index (χ1) is 10.8. The number of rotatable bonds is 5. The maximum atomic E-state index is 4.06. The lowest BCUT2D eigenvalue weighted by atomic mass is 9.92. The Balaban J connectivity index is 1.81. The van der Waals surface area contributed by atoms with E-state index in [-0.39, 0.29) is 0 Å². The summed E-state index contributed by atoms with van der Waals surface area (Å²) < 4.78 is 0. The van der Waals surface area contributed by atoms with E-state index < -0.39 is 0 Å². The molecular formula is C20H20N2. The van der Waals surface area contributed by atoms with E-state index in [0.717, 1.165) is 6.54 Å². The van der Waals surface area contributed by atoms with Gasteiger partial charge < -0.3 is 5.32 Å². The number of nitrogens with one attached hydrogen (secondary N) is 1. The highest BCUT2D eigenvalue weighted by Gasteiger charge is 2.11. The molecular weight excluding hydrogens is 268 g/mol. The lowest BCUT2D eigenvalue weighted by Crippen LogP contribution is -2.05. The zero-order valence-electron chi connectivity index (χ0n) is 12.7. The Kier molecular flexibility index (Phi) is 4.50. The van der Waals surface area contributed by atoms with Crippen LogP contribution in [0.5, 0.6) is 0 Å². The van der Waals surface area contributed by atoms with Gasteiger partial charge in [0.25, 0.3) is 0 Å². The van der Waals surface area contributed by atoms with Crippen molar-refractivity contribution in [3.63, 3.8) is 0 Å². The number of hydrogen-bond acceptors (Lipinski definition) is 2. The summed E-state index contributed by atoms with van der Waals surface area (Å²) in [5, 5.41) is 3.55. The molecule has 0 saturated carbocycles. The molecule has 0 aliphatic rings. The second-order valence-electron chi connectivity index (χ2n) is 5.43. The van der Waals surface area contributed by atoms with Crippen LogP contribution >= 0.6 is 0 Å². The summed E-state index contributed by atoms with van der Waals surface area (Å²) in [6.07, 6.45) is 3.66. The molecule has 0 amide bonds. The standard InChI is InChI=1S/C20H20N2/c1-16(18-7-3-2-4-8-18)19-9-5-6-10-20(19)22-15-17-11-13-21-14-12-17/h2-14,16,22H,15H2,1H3. The van der Waals surface area contributed by atoms with Gasteiger partial charge in [0.05, 0.1) is 0 Å². The smallest absolute Gasteiger partial charge is 0.0402 e. The normalized spacial score (nSPS) is 11.9. The summed E-state index contributed by atoms with van der Waals surface area (Å²) in [4.78, 5) is 4.06. The molecule has 0 saturated heterocycles. The third-order valence-corrected chi connectivity index (χ3v) is 3.96. The molecule has 2 heteroatoms. The van der Waals surface area contributed by atoms with Gasteiger partial charge in [0, 0.05) is 30.5 Å². The molecule has 1 unspecified atom stereocenters. The van der Waals surface area contributed by atoms with Gasteiger partial charge in [-0.1, -0.05) is 55.5 Å². The van der Waals surface area contributed by atoms with Crippen molar-refractivity contribution in [3.8, 4) is 0 Å². The van der Waals surface area contributed by atoms with Crippen molar-refractivity contribution in [3.05, 3.63) is 95.8 Å². The van der Waals surface area contributed by atoms with Gasteiger partial charge in [0.15, 0.2) is 0 Å². The van der Waals surface area contributed by atoms with Gasteiger partial charge in [-0.2, -0.15) is 0 Å². The van der Waals surface area contributed by atoms with E-state index in [4.69, 9.17) is 0 Å². The maximum Gasteiger partial charge on any atom is 0.0402 e. The molecule has 1 heterocycles. The van der Waals surface area contributed by atoms with Gasteiger partial charge in [0.1, 0.15) is 0 Å². The zero-order chi connectivity index (χ0) is 15.2. The molecule has 110 valence electrons. The van der Waals surface area contributed by atoms with Crippen LogP contribution in [0.15, 0.2) is 79.1 Å². The molecule has 3 aromatic rings. The molecule has 2 nitrogen and oxygen atoms in total. The average molecular weight is 288 g/mol. The molecule has 22 heavy (non-hydrogen) atoms. The van der Waals surface area contributed by atoms with Crippen molar-refractivity contribution < 1.29 is 0 Å². The topological polar surface area (TPSA) is 24.9 Å². The Bertz CT molecular complexity index is 708. The Morgan fingerprint density at radius 1 is 0.864 bits per heavy atom. The summed E-state index contributed by atoms with van der Waals surface area (Å²) >= 11 is 0. The van der Waals surface area contributed by atoms with Gasteiger partial charge in [-0.3, -0.25) is 4.98 Å². The Hall–Kier alpha value is -2.61. The van der Waals surface area contributed by atoms with Crippen LogP contribution in [0, 0.1) is 0 Å². The molecule has 0 aliphatic carbocycles. The van der Waals surface area contributed by atoms with Gasteiger partial charge in [-0.15, -0.1) is 0 Å². The number of hydrogen-bond donors (Lipinski definition) is 1. The number of pyridine rings is 1. The van der Waals surface area contributed by atoms with Crippen LogP contribution in [0.3, 0.4) is 0 Å². The Labute approximate surface area is 131 Å². The summed E-state index contributed by atoms with van der Waals surface area (Å²) in [5.74, 6) is 0.363. The molecule has 0 bridgehead atoms. The van der Waals surface area contributed by atoms with E-state index in [0.29, 0.717) is 5.92 Å². The lowest BCUT2D eigenvalue weighted by molar-refractivity contribution is 0.919. The second kappa shape index (κ2) is 6.90. The van der Waals surface area contributed by atoms with Crippen LogP contribution in [0.25, 0.3) is 0 Å². The van der Waals surface area contributed by atoms with Crippen LogP contribution in [0.4, 0.5) is 5.69 Å². The van der Waals surface area contributed by atoms with Crippen LogP contribution < -0.4 is 5.32 Å². The van der Waals surface area contributed by atoms with Crippen molar-refractivity contribution in [1.82, 2.24) is 4.98 Å². The second-order valence-corrected chi connectivity index (χ2v) is 5.43. The minimum atomic E-state index is 0.363. The van der Waals surface area contributed by atoms with E-state index >= 15 is 0 Å². The first-order valence-electron chi connectivity index (χ1n) is 7.61. The van der Waals surface area contributed by atoms with Crippen LogP contribution in [0.1, 0.15) is 29.5 Å². The largest absolute Gasteiger partial charge is 0.381 e. The highest BCUT2D eigenvalue weighted by molar-refractivity contribution is 5.55. The van der Waals surface area contributed by atoms with E-state index in [1.54, 1.807) is 0 Å². The number of aromatic nitrogens is 1. The highest BCUT2D eigenvalue weighted by Crippen LogP contribution is 2.30. The summed E-state index contributed by atoms with van der Waals surface area (Å²) in [5.41, 5.74) is 5.08. The van der Waals surface area contributed by atoms with Crippen molar-refractivity contribution in [1.29, 1.82) is 0 Å². The van der Waals surface area contributed by atoms with Gasteiger partial charge >= 0.3 is 0 Å². The van der Waals surface area contributed by atoms with Crippen LogP contribution in [-0.4, -0.2) is 4.98 Å². The Morgan fingerprint density at radius 3 is 2.32 bits per heavy atom. The average Bonchev–Trinajstić information content (AvgIpc) is 2.61. The molecule has 3 rings (SSSR count). The van der Waals surface area contributed by atoms with Gasteiger partial charge in [-0.05, 0) is 34.9 Å². The maximum absolute atomic E-state index is 4.06. The van der Waals surface area contributed by atoms with Crippen molar-refractivity contribution >= 4 is 5.69 Å². The molecule has 1 aromatic heterocycles. The predicted molar refractivity (Wildman–Crippen MR) is 92.0 cm³/mol. The molecule has 0 spiro atoms. The molecule has 1 atom stereocenters. The van der Waals surface area contributed by atoms with Crippen molar-refractivity contribution in [2.75, 3.05) is 5.32 Å². The third-order valence-electron chi connectivity index (χ3n) is 3.96. The highest BCUT2D eigenvalue weighted by atomic mass is 14.9. The molecule has 2 aromatic carbocycles. The monoisotopic (exact) mass is 288 g/mol. The third kappa shape index (κ3) is 3.34. The molecule has 0 radical (unpaired) electrons. The number of anilines is 1. The molecule has 1 N–H and O–H groups in total. The summed E-state index contributed by atoms with van der Waals surface area (Å²) in [6, 6.07) is 23.2. The minimum absolute atomic E-state index is 0.363. The first-order valence-corrected chi connectivity index (χ1v) is 7.61. The number of benzene rings is 2. The fourth-order valence-corrected chi connectivity index (χ4v) is 2.65. The van der Waals surface area contributed by atoms with Gasteiger partial charge in [0.2, 0.25) is 0 Å². The minimum Gasteiger partial charge on any atom is -0.381 e. The lowest BCUT2D eigenvalue weighted by Gasteiger charge is -2.18. The fraction of sp³-hybridized carbons (Fsp3) is 0.150. The van der Waals surface area contributed by atoms with E-state index in [1.807, 2.05) is 24.5 Å². The van der Waals surface area contributed by atoms with E-state index in [9.17, 15) is 0 Å². The van der Waals surface area contributed by atoms with Gasteiger partial charge in [-0.25, -0.2) is 0 Å². The number of para-hydroxylation sites is 1. The van der Waals surface area contributed by atoms with Crippen molar-refractivity contribution in [2.45, 2.75) is 19.4 Å². The first kappa shape index (κ1) is 14.3. The quantitative estimate of drug-likeness (QED) is 0.726. The van der Waals surface area contributed by atoms with Crippen LogP contribution in [0.2, 0.25) is 0 Å². The number of nitrogens with zero attached hydrogens (tertiary/aromatic N) is 1. The summed E-state index contributed by atoms with van der Waals surface area (Å²) in [6.45, 7) is 3.06. The van der Waals surface area contributed by atoms with E-state index in [1.165, 1.54) is 22.4 Å². The fourth-order valence-electron chi connectivity index (χ4n) is 2.65. The predicted octanol–water partition coefficient (Wildman–Crippen LogP) is 4.85. The SMILES string of the molecule is CC(c1ccccc1)c1ccccc1NCc1ccncc1. The summed E-state index contributed by atoms with van der Waals surface area (Å²) in [7, 11) is 0. The Morgan fingerprint density at radius 2 is 1.55 bits per heavy atom. The molecule has 0 aliphatic heterocycles. The van der Waals surface area contributed by atoms with Crippen LogP contribution in [-0.2, 0) is 6.54 Å². The van der Waals surface area contributed by atoms with Crippen molar-refractivity contribution in [2.24, 2.45) is 0 Å². The zero-order valence-corrected chi connectivity index (χ0v) is 12.7. The van der Waals surface area contributed by atoms with E-state index in [2.05, 4.69) is 71.8 Å². The molecule has 0 fully saturated rings.